The minimum absolute atomic E-state index is 0.538. The summed E-state index contributed by atoms with van der Waals surface area (Å²) in [6.07, 6.45) is 0. The van der Waals surface area contributed by atoms with Gasteiger partial charge >= 0.3 is 0 Å². The Morgan fingerprint density at radius 1 is 1.20 bits per heavy atom. The molecule has 0 spiro atoms. The van der Waals surface area contributed by atoms with Crippen molar-refractivity contribution in [3.8, 4) is 11.8 Å². The molecule has 0 fully saturated rings. The lowest BCUT2D eigenvalue weighted by Crippen LogP contribution is -2.11. The Hall–Kier alpha value is -2.19. The van der Waals surface area contributed by atoms with Crippen LogP contribution in [0.4, 0.5) is 11.4 Å². The van der Waals surface area contributed by atoms with Gasteiger partial charge in [-0.05, 0) is 58.4 Å². The Kier molecular flexibility index (Phi) is 4.85. The molecule has 0 atom stereocenters. The number of nitrogens with two attached hydrogens (primary N) is 1. The van der Waals surface area contributed by atoms with Gasteiger partial charge in [-0.15, -0.1) is 0 Å². The lowest BCUT2D eigenvalue weighted by atomic mass is 10.2. The fourth-order valence-corrected chi connectivity index (χ4v) is 2.17. The molecule has 0 saturated heterocycles. The Balaban J connectivity index is 1.81. The van der Waals surface area contributed by atoms with Gasteiger partial charge in [-0.25, -0.2) is 0 Å². The number of benzene rings is 2. The highest BCUT2D eigenvalue weighted by Crippen LogP contribution is 2.23. The first-order valence-corrected chi connectivity index (χ1v) is 6.90. The van der Waals surface area contributed by atoms with Gasteiger partial charge in [0.2, 0.25) is 0 Å². The molecule has 0 unspecified atom stereocenters. The summed E-state index contributed by atoms with van der Waals surface area (Å²) in [6.45, 7) is 1.20. The monoisotopic (exact) mass is 331 g/mol. The van der Waals surface area contributed by atoms with E-state index in [-0.39, 0.29) is 0 Å². The summed E-state index contributed by atoms with van der Waals surface area (Å²) in [6, 6.07) is 14.8. The Morgan fingerprint density at radius 2 is 1.95 bits per heavy atom. The lowest BCUT2D eigenvalue weighted by Gasteiger charge is -2.10. The largest absolute Gasteiger partial charge is 0.492 e. The molecule has 0 saturated carbocycles. The lowest BCUT2D eigenvalue weighted by molar-refractivity contribution is 0.333. The number of nitriles is 1. The first-order chi connectivity index (χ1) is 9.69. The fourth-order valence-electron chi connectivity index (χ4n) is 1.65. The predicted molar refractivity (Wildman–Crippen MR) is 83.7 cm³/mol. The highest BCUT2D eigenvalue weighted by Gasteiger charge is 2.01. The van der Waals surface area contributed by atoms with Crippen LogP contribution in [-0.4, -0.2) is 13.2 Å². The van der Waals surface area contributed by atoms with E-state index in [0.29, 0.717) is 18.7 Å². The summed E-state index contributed by atoms with van der Waals surface area (Å²) in [4.78, 5) is 0. The summed E-state index contributed by atoms with van der Waals surface area (Å²) in [5, 5.41) is 12.0. The topological polar surface area (TPSA) is 71.1 Å². The van der Waals surface area contributed by atoms with Crippen molar-refractivity contribution in [1.29, 1.82) is 5.26 Å². The van der Waals surface area contributed by atoms with Crippen molar-refractivity contribution in [3.63, 3.8) is 0 Å². The second-order valence-electron chi connectivity index (χ2n) is 4.15. The average molecular weight is 332 g/mol. The van der Waals surface area contributed by atoms with Gasteiger partial charge in [-0.2, -0.15) is 5.26 Å². The van der Waals surface area contributed by atoms with E-state index in [1.807, 2.05) is 18.2 Å². The quantitative estimate of drug-likeness (QED) is 0.650. The van der Waals surface area contributed by atoms with Crippen molar-refractivity contribution in [2.45, 2.75) is 0 Å². The maximum Gasteiger partial charge on any atom is 0.119 e. The van der Waals surface area contributed by atoms with Gasteiger partial charge in [0.15, 0.2) is 0 Å². The normalized spacial score (nSPS) is 9.80. The van der Waals surface area contributed by atoms with Gasteiger partial charge in [0, 0.05) is 22.4 Å². The van der Waals surface area contributed by atoms with Crippen LogP contribution in [0, 0.1) is 11.3 Å². The number of halogens is 1. The minimum Gasteiger partial charge on any atom is -0.492 e. The fraction of sp³-hybridized carbons (Fsp3) is 0.133. The third kappa shape index (κ3) is 3.90. The molecule has 0 heterocycles. The molecule has 2 aromatic rings. The van der Waals surface area contributed by atoms with E-state index in [2.05, 4.69) is 27.3 Å². The molecular weight excluding hydrogens is 318 g/mol. The SMILES string of the molecule is N#Cc1ccc(NCCOc2ccc(N)cc2)c(Br)c1. The van der Waals surface area contributed by atoms with E-state index in [1.165, 1.54) is 0 Å². The standard InChI is InChI=1S/C15H14BrN3O/c16-14-9-11(10-17)1-6-15(14)19-7-8-20-13-4-2-12(18)3-5-13/h1-6,9,19H,7-8,18H2. The van der Waals surface area contributed by atoms with E-state index in [9.17, 15) is 0 Å². The molecule has 5 heteroatoms. The molecule has 0 aliphatic rings. The summed E-state index contributed by atoms with van der Waals surface area (Å²) in [5.41, 5.74) is 7.88. The summed E-state index contributed by atoms with van der Waals surface area (Å²) in [7, 11) is 0. The number of nitrogen functional groups attached to an aromatic ring is 1. The van der Waals surface area contributed by atoms with Gasteiger partial charge < -0.3 is 15.8 Å². The number of anilines is 2. The Morgan fingerprint density at radius 3 is 2.60 bits per heavy atom. The maximum atomic E-state index is 8.79. The van der Waals surface area contributed by atoms with Crippen LogP contribution < -0.4 is 15.8 Å². The first-order valence-electron chi connectivity index (χ1n) is 6.11. The number of hydrogen-bond donors (Lipinski definition) is 2. The molecule has 2 aromatic carbocycles. The van der Waals surface area contributed by atoms with Crippen molar-refractivity contribution in [2.75, 3.05) is 24.2 Å². The van der Waals surface area contributed by atoms with E-state index >= 15 is 0 Å². The molecule has 2 rings (SSSR count). The number of nitrogens with zero attached hydrogens (tertiary/aromatic N) is 1. The van der Waals surface area contributed by atoms with Crippen LogP contribution >= 0.6 is 15.9 Å². The number of rotatable bonds is 5. The van der Waals surface area contributed by atoms with Gasteiger partial charge in [0.05, 0.1) is 11.6 Å². The highest BCUT2D eigenvalue weighted by molar-refractivity contribution is 9.10. The second kappa shape index (κ2) is 6.83. The summed E-state index contributed by atoms with van der Waals surface area (Å²) in [5.74, 6) is 0.792. The second-order valence-corrected chi connectivity index (χ2v) is 5.01. The molecule has 0 bridgehead atoms. The van der Waals surface area contributed by atoms with Crippen LogP contribution in [0.1, 0.15) is 5.56 Å². The maximum absolute atomic E-state index is 8.79. The molecule has 102 valence electrons. The molecule has 0 radical (unpaired) electrons. The molecule has 0 amide bonds. The molecular formula is C15H14BrN3O. The summed E-state index contributed by atoms with van der Waals surface area (Å²) >= 11 is 3.42. The third-order valence-corrected chi connectivity index (χ3v) is 3.32. The van der Waals surface area contributed by atoms with E-state index < -0.39 is 0 Å². The molecule has 0 aliphatic carbocycles. The third-order valence-electron chi connectivity index (χ3n) is 2.66. The number of nitrogens with one attached hydrogen (secondary N) is 1. The molecule has 0 aromatic heterocycles. The van der Waals surface area contributed by atoms with Crippen molar-refractivity contribution in [1.82, 2.24) is 0 Å². The Bertz CT molecular complexity index is 620. The number of ether oxygens (including phenoxy) is 1. The van der Waals surface area contributed by atoms with Crippen molar-refractivity contribution in [3.05, 3.63) is 52.5 Å². The minimum atomic E-state index is 0.538. The zero-order valence-corrected chi connectivity index (χ0v) is 12.4. The van der Waals surface area contributed by atoms with Gasteiger partial charge in [0.1, 0.15) is 12.4 Å². The van der Waals surface area contributed by atoms with E-state index in [4.69, 9.17) is 15.7 Å². The van der Waals surface area contributed by atoms with Crippen LogP contribution in [0.15, 0.2) is 46.9 Å². The number of hydrogen-bond acceptors (Lipinski definition) is 4. The van der Waals surface area contributed by atoms with Gasteiger partial charge in [0.25, 0.3) is 0 Å². The zero-order valence-electron chi connectivity index (χ0n) is 10.8. The highest BCUT2D eigenvalue weighted by atomic mass is 79.9. The smallest absolute Gasteiger partial charge is 0.119 e. The van der Waals surface area contributed by atoms with Gasteiger partial charge in [-0.3, -0.25) is 0 Å². The molecule has 20 heavy (non-hydrogen) atoms. The first kappa shape index (κ1) is 14.2. The summed E-state index contributed by atoms with van der Waals surface area (Å²) < 4.78 is 6.45. The van der Waals surface area contributed by atoms with Gasteiger partial charge in [-0.1, -0.05) is 0 Å². The average Bonchev–Trinajstić information content (AvgIpc) is 2.46. The zero-order chi connectivity index (χ0) is 14.4. The van der Waals surface area contributed by atoms with Crippen LogP contribution in [0.5, 0.6) is 5.75 Å². The van der Waals surface area contributed by atoms with E-state index in [0.717, 1.165) is 21.6 Å². The molecule has 3 N–H and O–H groups in total. The molecule has 4 nitrogen and oxygen atoms in total. The molecule has 0 aliphatic heterocycles. The van der Waals surface area contributed by atoms with Crippen LogP contribution in [0.25, 0.3) is 0 Å². The van der Waals surface area contributed by atoms with Crippen LogP contribution in [-0.2, 0) is 0 Å². The van der Waals surface area contributed by atoms with E-state index in [1.54, 1.807) is 24.3 Å². The van der Waals surface area contributed by atoms with Crippen molar-refractivity contribution in [2.24, 2.45) is 0 Å². The predicted octanol–water partition coefficient (Wildman–Crippen LogP) is 3.39. The Labute approximate surface area is 126 Å². The van der Waals surface area contributed by atoms with Crippen molar-refractivity contribution >= 4 is 27.3 Å². The van der Waals surface area contributed by atoms with Crippen molar-refractivity contribution < 1.29 is 4.74 Å². The van der Waals surface area contributed by atoms with Crippen LogP contribution in [0.3, 0.4) is 0 Å². The van der Waals surface area contributed by atoms with Crippen LogP contribution in [0.2, 0.25) is 0 Å².